The summed E-state index contributed by atoms with van der Waals surface area (Å²) in [6, 6.07) is 7.35. The molecule has 2 amide bonds. The standard InChI is InChI=1S/C17H15F3N2O3S/c18-17(19,20)12-5-1-2-6-13(12)21-16(24)14-9-25-10-15(23)22(14)8-11-4-3-7-26-11/h1-7,14H,8-10H2,(H,21,24)/t14-/m0/s1. The molecule has 0 saturated carbocycles. The van der Waals surface area contributed by atoms with Crippen LogP contribution in [-0.2, 0) is 27.0 Å². The van der Waals surface area contributed by atoms with E-state index in [1.54, 1.807) is 0 Å². The molecule has 5 nitrogen and oxygen atoms in total. The largest absolute Gasteiger partial charge is 0.418 e. The number of rotatable bonds is 4. The highest BCUT2D eigenvalue weighted by Crippen LogP contribution is 2.34. The average Bonchev–Trinajstić information content (AvgIpc) is 3.09. The minimum Gasteiger partial charge on any atom is -0.369 e. The van der Waals surface area contributed by atoms with Crippen LogP contribution in [0, 0.1) is 0 Å². The van der Waals surface area contributed by atoms with Crippen molar-refractivity contribution in [3.05, 3.63) is 52.2 Å². The summed E-state index contributed by atoms with van der Waals surface area (Å²) in [5.41, 5.74) is -1.29. The van der Waals surface area contributed by atoms with Gasteiger partial charge in [0.2, 0.25) is 11.8 Å². The lowest BCUT2D eigenvalue weighted by molar-refractivity contribution is -0.154. The number of morpholine rings is 1. The number of carbonyl (C=O) groups is 2. The number of carbonyl (C=O) groups excluding carboxylic acids is 2. The quantitative estimate of drug-likeness (QED) is 0.881. The summed E-state index contributed by atoms with van der Waals surface area (Å²) in [6.45, 7) is -0.0235. The van der Waals surface area contributed by atoms with E-state index in [0.29, 0.717) is 0 Å². The third-order valence-corrected chi connectivity index (χ3v) is 4.76. The van der Waals surface area contributed by atoms with E-state index in [2.05, 4.69) is 5.32 Å². The Morgan fingerprint density at radius 2 is 2.04 bits per heavy atom. The Kier molecular flexibility index (Phi) is 5.28. The van der Waals surface area contributed by atoms with Gasteiger partial charge in [0, 0.05) is 4.88 Å². The second-order valence-corrected chi connectivity index (χ2v) is 6.70. The van der Waals surface area contributed by atoms with E-state index in [1.807, 2.05) is 17.5 Å². The minimum atomic E-state index is -4.60. The summed E-state index contributed by atoms with van der Waals surface area (Å²) in [5.74, 6) is -1.10. The highest BCUT2D eigenvalue weighted by atomic mass is 32.1. The first-order valence-electron chi connectivity index (χ1n) is 7.73. The number of halogens is 3. The fraction of sp³-hybridized carbons (Fsp3) is 0.294. The van der Waals surface area contributed by atoms with Crippen molar-refractivity contribution >= 4 is 28.8 Å². The molecule has 26 heavy (non-hydrogen) atoms. The summed E-state index contributed by atoms with van der Waals surface area (Å²) < 4.78 is 44.4. The molecule has 0 spiro atoms. The van der Waals surface area contributed by atoms with Gasteiger partial charge in [-0.1, -0.05) is 18.2 Å². The molecule has 2 heterocycles. The number of alkyl halides is 3. The third kappa shape index (κ3) is 4.05. The zero-order valence-corrected chi connectivity index (χ0v) is 14.3. The summed E-state index contributed by atoms with van der Waals surface area (Å²) in [6.07, 6.45) is -4.60. The Morgan fingerprint density at radius 1 is 1.27 bits per heavy atom. The molecule has 3 rings (SSSR count). The molecule has 0 radical (unpaired) electrons. The van der Waals surface area contributed by atoms with Crippen molar-refractivity contribution in [2.24, 2.45) is 0 Å². The molecule has 1 aliphatic heterocycles. The molecule has 1 saturated heterocycles. The number of ether oxygens (including phenoxy) is 1. The van der Waals surface area contributed by atoms with E-state index in [-0.39, 0.29) is 31.4 Å². The average molecular weight is 384 g/mol. The van der Waals surface area contributed by atoms with Crippen LogP contribution in [0.15, 0.2) is 41.8 Å². The molecule has 9 heteroatoms. The number of amides is 2. The summed E-state index contributed by atoms with van der Waals surface area (Å²) in [4.78, 5) is 26.9. The van der Waals surface area contributed by atoms with E-state index < -0.39 is 23.7 Å². The van der Waals surface area contributed by atoms with Gasteiger partial charge >= 0.3 is 6.18 Å². The Morgan fingerprint density at radius 3 is 2.73 bits per heavy atom. The molecule has 0 bridgehead atoms. The maximum atomic E-state index is 13.1. The van der Waals surface area contributed by atoms with Gasteiger partial charge in [-0.2, -0.15) is 13.2 Å². The molecule has 2 aromatic rings. The molecule has 1 atom stereocenters. The molecule has 1 N–H and O–H groups in total. The van der Waals surface area contributed by atoms with Crippen molar-refractivity contribution in [2.45, 2.75) is 18.8 Å². The molecule has 1 aromatic carbocycles. The highest BCUT2D eigenvalue weighted by molar-refractivity contribution is 7.09. The van der Waals surface area contributed by atoms with Gasteiger partial charge in [0.15, 0.2) is 0 Å². The lowest BCUT2D eigenvalue weighted by Gasteiger charge is -2.34. The number of nitrogens with zero attached hydrogens (tertiary/aromatic N) is 1. The fourth-order valence-electron chi connectivity index (χ4n) is 2.65. The fourth-order valence-corrected chi connectivity index (χ4v) is 3.35. The highest BCUT2D eigenvalue weighted by Gasteiger charge is 2.37. The van der Waals surface area contributed by atoms with Crippen molar-refractivity contribution in [1.29, 1.82) is 0 Å². The molecule has 1 aromatic heterocycles. The molecule has 1 fully saturated rings. The van der Waals surface area contributed by atoms with Crippen LogP contribution in [0.2, 0.25) is 0 Å². The van der Waals surface area contributed by atoms with Gasteiger partial charge in [-0.15, -0.1) is 11.3 Å². The van der Waals surface area contributed by atoms with Crippen LogP contribution < -0.4 is 5.32 Å². The second kappa shape index (κ2) is 7.46. The lowest BCUT2D eigenvalue weighted by atomic mass is 10.1. The van der Waals surface area contributed by atoms with E-state index in [0.717, 1.165) is 10.9 Å². The van der Waals surface area contributed by atoms with Gasteiger partial charge in [-0.25, -0.2) is 0 Å². The number of hydrogen-bond donors (Lipinski definition) is 1. The first-order chi connectivity index (χ1) is 12.4. The molecule has 1 aliphatic rings. The van der Waals surface area contributed by atoms with Crippen LogP contribution in [0.3, 0.4) is 0 Å². The van der Waals surface area contributed by atoms with Crippen molar-refractivity contribution in [1.82, 2.24) is 4.90 Å². The molecular weight excluding hydrogens is 369 g/mol. The number of para-hydroxylation sites is 1. The molecule has 0 unspecified atom stereocenters. The Bertz CT molecular complexity index is 793. The van der Waals surface area contributed by atoms with Gasteiger partial charge in [0.05, 0.1) is 24.4 Å². The van der Waals surface area contributed by atoms with Crippen LogP contribution in [0.25, 0.3) is 0 Å². The minimum absolute atomic E-state index is 0.0723. The van der Waals surface area contributed by atoms with E-state index >= 15 is 0 Å². The van der Waals surface area contributed by atoms with Gasteiger partial charge in [-0.05, 0) is 23.6 Å². The molecule has 138 valence electrons. The Labute approximate surface area is 151 Å². The Balaban J connectivity index is 1.80. The monoisotopic (exact) mass is 384 g/mol. The molecule has 0 aliphatic carbocycles. The SMILES string of the molecule is O=C(Nc1ccccc1C(F)(F)F)[C@@H]1COCC(=O)N1Cc1cccs1. The van der Waals surface area contributed by atoms with Crippen LogP contribution in [-0.4, -0.2) is 36.0 Å². The topological polar surface area (TPSA) is 58.6 Å². The zero-order valence-electron chi connectivity index (χ0n) is 13.5. The number of benzene rings is 1. The van der Waals surface area contributed by atoms with Gasteiger partial charge < -0.3 is 15.0 Å². The van der Waals surface area contributed by atoms with Crippen LogP contribution >= 0.6 is 11.3 Å². The van der Waals surface area contributed by atoms with Gasteiger partial charge in [0.25, 0.3) is 0 Å². The zero-order chi connectivity index (χ0) is 18.7. The first kappa shape index (κ1) is 18.4. The van der Waals surface area contributed by atoms with Gasteiger partial charge in [-0.3, -0.25) is 9.59 Å². The van der Waals surface area contributed by atoms with Crippen LogP contribution in [0.1, 0.15) is 10.4 Å². The Hall–Kier alpha value is -2.39. The summed E-state index contributed by atoms with van der Waals surface area (Å²) in [7, 11) is 0. The smallest absolute Gasteiger partial charge is 0.369 e. The van der Waals surface area contributed by atoms with Crippen molar-refractivity contribution in [3.63, 3.8) is 0 Å². The van der Waals surface area contributed by atoms with Crippen LogP contribution in [0.4, 0.5) is 18.9 Å². The van der Waals surface area contributed by atoms with E-state index in [9.17, 15) is 22.8 Å². The number of anilines is 1. The van der Waals surface area contributed by atoms with Crippen molar-refractivity contribution in [2.75, 3.05) is 18.5 Å². The van der Waals surface area contributed by atoms with Crippen molar-refractivity contribution < 1.29 is 27.5 Å². The van der Waals surface area contributed by atoms with E-state index in [4.69, 9.17) is 4.74 Å². The maximum absolute atomic E-state index is 13.1. The van der Waals surface area contributed by atoms with E-state index in [1.165, 1.54) is 34.4 Å². The number of nitrogens with one attached hydrogen (secondary N) is 1. The lowest BCUT2D eigenvalue weighted by Crippen LogP contribution is -2.54. The van der Waals surface area contributed by atoms with Gasteiger partial charge in [0.1, 0.15) is 12.6 Å². The summed E-state index contributed by atoms with van der Waals surface area (Å²) >= 11 is 1.43. The molecular formula is C17H15F3N2O3S. The third-order valence-electron chi connectivity index (χ3n) is 3.90. The predicted molar refractivity (Wildman–Crippen MR) is 89.5 cm³/mol. The first-order valence-corrected chi connectivity index (χ1v) is 8.61. The normalized spacial score (nSPS) is 18.0. The van der Waals surface area contributed by atoms with Crippen LogP contribution in [0.5, 0.6) is 0 Å². The predicted octanol–water partition coefficient (Wildman–Crippen LogP) is 3.13. The number of thiophene rings is 1. The second-order valence-electron chi connectivity index (χ2n) is 5.66. The van der Waals surface area contributed by atoms with Crippen molar-refractivity contribution in [3.8, 4) is 0 Å². The summed E-state index contributed by atoms with van der Waals surface area (Å²) in [5, 5.41) is 4.13. The maximum Gasteiger partial charge on any atom is 0.418 e. The number of hydrogen-bond acceptors (Lipinski definition) is 4.